The van der Waals surface area contributed by atoms with E-state index in [1.54, 1.807) is 6.26 Å². The van der Waals surface area contributed by atoms with Crippen molar-refractivity contribution in [1.29, 1.82) is 0 Å². The molecule has 1 N–H and O–H groups in total. The van der Waals surface area contributed by atoms with Crippen LogP contribution in [0.3, 0.4) is 0 Å². The van der Waals surface area contributed by atoms with Crippen LogP contribution in [0.5, 0.6) is 0 Å². The van der Waals surface area contributed by atoms with E-state index >= 15 is 0 Å². The van der Waals surface area contributed by atoms with Crippen molar-refractivity contribution in [2.75, 3.05) is 12.4 Å². The van der Waals surface area contributed by atoms with Crippen molar-refractivity contribution < 1.29 is 4.52 Å². The zero-order valence-corrected chi connectivity index (χ0v) is 11.8. The first-order chi connectivity index (χ1) is 9.15. The monoisotopic (exact) mass is 256 g/mol. The van der Waals surface area contributed by atoms with Gasteiger partial charge in [-0.05, 0) is 44.2 Å². The highest BCUT2D eigenvalue weighted by Gasteiger charge is 2.38. The third-order valence-electron chi connectivity index (χ3n) is 4.34. The van der Waals surface area contributed by atoms with Crippen molar-refractivity contribution in [3.63, 3.8) is 0 Å². The summed E-state index contributed by atoms with van der Waals surface area (Å²) in [6.45, 7) is 4.43. The lowest BCUT2D eigenvalue weighted by Crippen LogP contribution is -2.30. The first-order valence-corrected chi connectivity index (χ1v) is 6.88. The van der Waals surface area contributed by atoms with E-state index in [2.05, 4.69) is 42.5 Å². The molecule has 0 amide bonds. The van der Waals surface area contributed by atoms with Gasteiger partial charge in [0.1, 0.15) is 12.0 Å². The molecule has 0 fully saturated rings. The molecule has 1 atom stereocenters. The molecule has 3 heteroatoms. The van der Waals surface area contributed by atoms with Gasteiger partial charge < -0.3 is 9.84 Å². The normalized spacial score (nSPS) is 22.1. The van der Waals surface area contributed by atoms with Gasteiger partial charge in [-0.3, -0.25) is 0 Å². The smallest absolute Gasteiger partial charge is 0.147 e. The first kappa shape index (κ1) is 12.3. The van der Waals surface area contributed by atoms with E-state index in [0.717, 1.165) is 24.2 Å². The summed E-state index contributed by atoms with van der Waals surface area (Å²) in [5.41, 5.74) is 6.14. The van der Waals surface area contributed by atoms with E-state index in [-0.39, 0.29) is 5.41 Å². The summed E-state index contributed by atoms with van der Waals surface area (Å²) in [7, 11) is 1.92. The Morgan fingerprint density at radius 1 is 1.37 bits per heavy atom. The molecule has 1 aromatic carbocycles. The van der Waals surface area contributed by atoms with Crippen LogP contribution < -0.4 is 5.32 Å². The molecule has 0 bridgehead atoms. The van der Waals surface area contributed by atoms with Crippen molar-refractivity contribution in [3.05, 3.63) is 46.8 Å². The number of nitrogens with one attached hydrogen (secondary N) is 1. The molecular formula is C16H20N2O. The molecule has 0 saturated heterocycles. The van der Waals surface area contributed by atoms with Crippen LogP contribution in [0.25, 0.3) is 0 Å². The van der Waals surface area contributed by atoms with Gasteiger partial charge in [0.05, 0.1) is 5.69 Å². The van der Waals surface area contributed by atoms with Gasteiger partial charge in [0.15, 0.2) is 0 Å². The van der Waals surface area contributed by atoms with Crippen molar-refractivity contribution in [2.45, 2.75) is 38.5 Å². The molecule has 1 aliphatic rings. The molecule has 1 heterocycles. The average Bonchev–Trinajstić information content (AvgIpc) is 2.89. The second-order valence-electron chi connectivity index (χ2n) is 5.67. The molecule has 2 aromatic rings. The summed E-state index contributed by atoms with van der Waals surface area (Å²) in [5, 5.41) is 7.46. The van der Waals surface area contributed by atoms with Gasteiger partial charge in [0.2, 0.25) is 0 Å². The molecule has 3 nitrogen and oxygen atoms in total. The maximum Gasteiger partial charge on any atom is 0.147 e. The summed E-state index contributed by atoms with van der Waals surface area (Å²) in [6.07, 6.45) is 5.18. The number of hydrogen-bond donors (Lipinski definition) is 1. The third kappa shape index (κ3) is 1.84. The molecule has 100 valence electrons. The van der Waals surface area contributed by atoms with Crippen LogP contribution in [-0.2, 0) is 11.8 Å². The SMILES string of the molecule is CNc1conc1C1(C)CCCc2ccc(C)cc21. The summed E-state index contributed by atoms with van der Waals surface area (Å²) in [5.74, 6) is 0. The van der Waals surface area contributed by atoms with E-state index in [1.807, 2.05) is 7.05 Å². The Morgan fingerprint density at radius 2 is 2.21 bits per heavy atom. The Labute approximate surface area is 114 Å². The van der Waals surface area contributed by atoms with Crippen LogP contribution in [0.2, 0.25) is 0 Å². The predicted molar refractivity (Wildman–Crippen MR) is 76.6 cm³/mol. The molecule has 1 aliphatic carbocycles. The zero-order chi connectivity index (χ0) is 13.5. The molecule has 1 unspecified atom stereocenters. The average molecular weight is 256 g/mol. The minimum Gasteiger partial charge on any atom is -0.384 e. The Kier molecular flexibility index (Phi) is 2.85. The maximum absolute atomic E-state index is 5.19. The van der Waals surface area contributed by atoms with Gasteiger partial charge in [0.25, 0.3) is 0 Å². The van der Waals surface area contributed by atoms with Crippen LogP contribution >= 0.6 is 0 Å². The summed E-state index contributed by atoms with van der Waals surface area (Å²) in [4.78, 5) is 0. The number of nitrogens with zero attached hydrogens (tertiary/aromatic N) is 1. The van der Waals surface area contributed by atoms with Crippen molar-refractivity contribution in [2.24, 2.45) is 0 Å². The molecule has 3 rings (SSSR count). The summed E-state index contributed by atoms with van der Waals surface area (Å²) < 4.78 is 5.19. The fourth-order valence-electron chi connectivity index (χ4n) is 3.25. The summed E-state index contributed by atoms with van der Waals surface area (Å²) in [6, 6.07) is 6.77. The van der Waals surface area contributed by atoms with E-state index in [4.69, 9.17) is 4.52 Å². The maximum atomic E-state index is 5.19. The van der Waals surface area contributed by atoms with Gasteiger partial charge in [-0.2, -0.15) is 0 Å². The number of hydrogen-bond acceptors (Lipinski definition) is 3. The number of benzene rings is 1. The fraction of sp³-hybridized carbons (Fsp3) is 0.438. The van der Waals surface area contributed by atoms with E-state index in [0.29, 0.717) is 0 Å². The minimum atomic E-state index is -0.0506. The van der Waals surface area contributed by atoms with Gasteiger partial charge in [-0.15, -0.1) is 0 Å². The molecule has 1 aromatic heterocycles. The number of aromatic nitrogens is 1. The van der Waals surface area contributed by atoms with E-state index < -0.39 is 0 Å². The number of rotatable bonds is 2. The first-order valence-electron chi connectivity index (χ1n) is 6.88. The molecule has 0 radical (unpaired) electrons. The summed E-state index contributed by atoms with van der Waals surface area (Å²) >= 11 is 0. The van der Waals surface area contributed by atoms with Crippen molar-refractivity contribution in [1.82, 2.24) is 5.16 Å². The second kappa shape index (κ2) is 4.41. The number of anilines is 1. The van der Waals surface area contributed by atoms with Gasteiger partial charge in [-0.1, -0.05) is 28.9 Å². The number of aryl methyl sites for hydroxylation is 2. The Morgan fingerprint density at radius 3 is 3.00 bits per heavy atom. The highest BCUT2D eigenvalue weighted by Crippen LogP contribution is 2.44. The highest BCUT2D eigenvalue weighted by molar-refractivity contribution is 5.55. The van der Waals surface area contributed by atoms with Gasteiger partial charge >= 0.3 is 0 Å². The number of fused-ring (bicyclic) bond motifs is 1. The lowest BCUT2D eigenvalue weighted by atomic mass is 9.68. The van der Waals surface area contributed by atoms with Crippen molar-refractivity contribution in [3.8, 4) is 0 Å². The lowest BCUT2D eigenvalue weighted by Gasteiger charge is -2.35. The van der Waals surface area contributed by atoms with Crippen LogP contribution in [0.4, 0.5) is 5.69 Å². The lowest BCUT2D eigenvalue weighted by molar-refractivity contribution is 0.376. The quantitative estimate of drug-likeness (QED) is 0.891. The molecular weight excluding hydrogens is 236 g/mol. The molecule has 19 heavy (non-hydrogen) atoms. The largest absolute Gasteiger partial charge is 0.384 e. The molecule has 0 saturated carbocycles. The van der Waals surface area contributed by atoms with E-state index in [1.165, 1.54) is 23.1 Å². The highest BCUT2D eigenvalue weighted by atomic mass is 16.5. The van der Waals surface area contributed by atoms with Crippen LogP contribution in [0, 0.1) is 6.92 Å². The third-order valence-corrected chi connectivity index (χ3v) is 4.34. The molecule has 0 aliphatic heterocycles. The second-order valence-corrected chi connectivity index (χ2v) is 5.67. The van der Waals surface area contributed by atoms with Crippen LogP contribution in [-0.4, -0.2) is 12.2 Å². The molecule has 0 spiro atoms. The topological polar surface area (TPSA) is 38.1 Å². The van der Waals surface area contributed by atoms with Gasteiger partial charge in [-0.25, -0.2) is 0 Å². The van der Waals surface area contributed by atoms with Crippen LogP contribution in [0.15, 0.2) is 29.0 Å². The van der Waals surface area contributed by atoms with Gasteiger partial charge in [0, 0.05) is 12.5 Å². The van der Waals surface area contributed by atoms with Crippen molar-refractivity contribution >= 4 is 5.69 Å². The Bertz CT molecular complexity index is 603. The van der Waals surface area contributed by atoms with E-state index in [9.17, 15) is 0 Å². The van der Waals surface area contributed by atoms with Crippen LogP contribution in [0.1, 0.15) is 42.1 Å². The Hall–Kier alpha value is -1.77. The predicted octanol–water partition coefficient (Wildman–Crippen LogP) is 3.67. The standard InChI is InChI=1S/C16H20N2O/c1-11-6-7-12-5-4-8-16(2,13(12)9-11)15-14(17-3)10-19-18-15/h6-7,9-10,17H,4-5,8H2,1-3H3. The fourth-order valence-corrected chi connectivity index (χ4v) is 3.25. The Balaban J connectivity index is 2.19. The zero-order valence-electron chi connectivity index (χ0n) is 11.8. The minimum absolute atomic E-state index is 0.0506.